The second kappa shape index (κ2) is 6.64. The third-order valence-corrected chi connectivity index (χ3v) is 4.94. The topological polar surface area (TPSA) is 74.6 Å². The fraction of sp³-hybridized carbons (Fsp3) is 0.227. The highest BCUT2D eigenvalue weighted by Crippen LogP contribution is 2.43. The minimum Gasteiger partial charge on any atom is -0.427 e. The largest absolute Gasteiger partial charge is 0.427 e. The van der Waals surface area contributed by atoms with Crippen molar-refractivity contribution < 1.29 is 23.9 Å². The molecule has 0 aliphatic carbocycles. The van der Waals surface area contributed by atoms with Gasteiger partial charge in [0.05, 0.1) is 5.69 Å². The maximum Gasteiger partial charge on any atom is 0.308 e. The SMILES string of the molecule is CC(=O)Oc1ccc2c(c1)CC(C)n1c-2c(C=O)c2cc(OC(C)=O)ccc21. The van der Waals surface area contributed by atoms with Crippen LogP contribution in [0.25, 0.3) is 22.2 Å². The molecule has 1 aliphatic rings. The molecule has 0 bridgehead atoms. The van der Waals surface area contributed by atoms with Gasteiger partial charge in [0.15, 0.2) is 6.29 Å². The highest BCUT2D eigenvalue weighted by Gasteiger charge is 2.28. The predicted molar refractivity (Wildman–Crippen MR) is 104 cm³/mol. The molecule has 0 saturated carbocycles. The number of carbonyl (C=O) groups excluding carboxylic acids is 3. The zero-order valence-electron chi connectivity index (χ0n) is 15.8. The van der Waals surface area contributed by atoms with Gasteiger partial charge < -0.3 is 14.0 Å². The Hall–Kier alpha value is -3.41. The Kier molecular flexibility index (Phi) is 4.26. The lowest BCUT2D eigenvalue weighted by atomic mass is 9.92. The molecule has 1 unspecified atom stereocenters. The minimum atomic E-state index is -0.410. The maximum atomic E-state index is 12.0. The molecule has 3 aromatic rings. The Morgan fingerprint density at radius 2 is 1.68 bits per heavy atom. The van der Waals surface area contributed by atoms with Gasteiger partial charge in [-0.1, -0.05) is 0 Å². The highest BCUT2D eigenvalue weighted by atomic mass is 16.5. The molecule has 2 aromatic carbocycles. The van der Waals surface area contributed by atoms with Gasteiger partial charge in [-0.05, 0) is 55.3 Å². The number of esters is 2. The molecular formula is C22H19NO5. The fourth-order valence-electron chi connectivity index (χ4n) is 4.01. The Labute approximate surface area is 161 Å². The average Bonchev–Trinajstić information content (AvgIpc) is 2.94. The summed E-state index contributed by atoms with van der Waals surface area (Å²) in [4.78, 5) is 34.6. The van der Waals surface area contributed by atoms with Crippen LogP contribution in [0.2, 0.25) is 0 Å². The fourth-order valence-corrected chi connectivity index (χ4v) is 4.01. The summed E-state index contributed by atoms with van der Waals surface area (Å²) in [5, 5.41) is 0.743. The van der Waals surface area contributed by atoms with E-state index in [4.69, 9.17) is 9.47 Å². The van der Waals surface area contributed by atoms with Gasteiger partial charge in [0.25, 0.3) is 0 Å². The summed E-state index contributed by atoms with van der Waals surface area (Å²) in [6.07, 6.45) is 1.58. The number of fused-ring (bicyclic) bond motifs is 5. The van der Waals surface area contributed by atoms with Crippen molar-refractivity contribution in [1.29, 1.82) is 0 Å². The molecule has 2 heterocycles. The molecule has 4 rings (SSSR count). The van der Waals surface area contributed by atoms with Gasteiger partial charge in [0, 0.05) is 41.9 Å². The van der Waals surface area contributed by atoms with Crippen LogP contribution < -0.4 is 9.47 Å². The normalized spacial score (nSPS) is 14.9. The molecule has 0 fully saturated rings. The average molecular weight is 377 g/mol. The lowest BCUT2D eigenvalue weighted by Crippen LogP contribution is -2.16. The molecule has 0 N–H and O–H groups in total. The van der Waals surface area contributed by atoms with E-state index in [2.05, 4.69) is 11.5 Å². The summed E-state index contributed by atoms with van der Waals surface area (Å²) in [7, 11) is 0. The van der Waals surface area contributed by atoms with E-state index in [0.29, 0.717) is 17.1 Å². The molecule has 142 valence electrons. The number of carbonyl (C=O) groups is 3. The number of benzene rings is 2. The van der Waals surface area contributed by atoms with Crippen molar-refractivity contribution >= 4 is 29.1 Å². The molecule has 0 amide bonds. The second-order valence-electron chi connectivity index (χ2n) is 6.99. The monoisotopic (exact) mass is 377 g/mol. The van der Waals surface area contributed by atoms with Gasteiger partial charge in [-0.25, -0.2) is 0 Å². The summed E-state index contributed by atoms with van der Waals surface area (Å²) < 4.78 is 12.5. The van der Waals surface area contributed by atoms with Crippen molar-refractivity contribution in [2.75, 3.05) is 0 Å². The number of hydrogen-bond acceptors (Lipinski definition) is 5. The van der Waals surface area contributed by atoms with Crippen molar-refractivity contribution in [3.63, 3.8) is 0 Å². The third kappa shape index (κ3) is 2.87. The van der Waals surface area contributed by atoms with E-state index in [1.807, 2.05) is 18.2 Å². The van der Waals surface area contributed by atoms with Crippen LogP contribution in [0.3, 0.4) is 0 Å². The quantitative estimate of drug-likeness (QED) is 0.390. The van der Waals surface area contributed by atoms with E-state index in [0.717, 1.165) is 40.4 Å². The predicted octanol–water partition coefficient (Wildman–Crippen LogP) is 4.09. The summed E-state index contributed by atoms with van der Waals surface area (Å²) in [6, 6.07) is 10.9. The first-order valence-corrected chi connectivity index (χ1v) is 9.02. The van der Waals surface area contributed by atoms with Gasteiger partial charge in [0.2, 0.25) is 0 Å². The minimum absolute atomic E-state index is 0.103. The Bertz CT molecular complexity index is 1140. The van der Waals surface area contributed by atoms with E-state index in [1.54, 1.807) is 18.2 Å². The molecule has 0 radical (unpaired) electrons. The van der Waals surface area contributed by atoms with Crippen molar-refractivity contribution in [3.8, 4) is 22.8 Å². The van der Waals surface area contributed by atoms with Gasteiger partial charge in [-0.15, -0.1) is 0 Å². The van der Waals surface area contributed by atoms with Gasteiger partial charge in [-0.3, -0.25) is 14.4 Å². The van der Waals surface area contributed by atoms with Crippen LogP contribution in [0, 0.1) is 0 Å². The van der Waals surface area contributed by atoms with Crippen LogP contribution in [0.15, 0.2) is 36.4 Å². The zero-order chi connectivity index (χ0) is 20.0. The molecule has 6 nitrogen and oxygen atoms in total. The van der Waals surface area contributed by atoms with Gasteiger partial charge in [0.1, 0.15) is 11.5 Å². The molecule has 0 spiro atoms. The first-order valence-electron chi connectivity index (χ1n) is 9.02. The van der Waals surface area contributed by atoms with Crippen LogP contribution >= 0.6 is 0 Å². The van der Waals surface area contributed by atoms with Gasteiger partial charge in [-0.2, -0.15) is 0 Å². The van der Waals surface area contributed by atoms with E-state index in [-0.39, 0.29) is 12.0 Å². The molecule has 1 atom stereocenters. The number of rotatable bonds is 3. The first kappa shape index (κ1) is 18.0. The van der Waals surface area contributed by atoms with Crippen LogP contribution in [0.4, 0.5) is 0 Å². The van der Waals surface area contributed by atoms with Crippen LogP contribution in [0.5, 0.6) is 11.5 Å². The molecule has 6 heteroatoms. The highest BCUT2D eigenvalue weighted by molar-refractivity contribution is 6.06. The number of aromatic nitrogens is 1. The Morgan fingerprint density at radius 3 is 2.32 bits per heavy atom. The van der Waals surface area contributed by atoms with E-state index < -0.39 is 5.97 Å². The van der Waals surface area contributed by atoms with Crippen LogP contribution in [-0.4, -0.2) is 22.8 Å². The number of aldehydes is 1. The first-order chi connectivity index (χ1) is 13.4. The molecule has 1 aliphatic heterocycles. The summed E-state index contributed by atoms with van der Waals surface area (Å²) in [6.45, 7) is 4.79. The Morgan fingerprint density at radius 1 is 1.04 bits per heavy atom. The smallest absolute Gasteiger partial charge is 0.308 e. The van der Waals surface area contributed by atoms with Crippen molar-refractivity contribution in [2.45, 2.75) is 33.2 Å². The van der Waals surface area contributed by atoms with E-state index in [9.17, 15) is 14.4 Å². The van der Waals surface area contributed by atoms with Crippen molar-refractivity contribution in [3.05, 3.63) is 47.5 Å². The standard InChI is InChI=1S/C22H19NO5/c1-12-8-15-9-16(27-13(2)25)4-6-18(15)22-20(11-24)19-10-17(28-14(3)26)5-7-21(19)23(12)22/h4-7,9-12H,8H2,1-3H3. The van der Waals surface area contributed by atoms with Crippen molar-refractivity contribution in [2.24, 2.45) is 0 Å². The lowest BCUT2D eigenvalue weighted by Gasteiger charge is -2.27. The van der Waals surface area contributed by atoms with E-state index >= 15 is 0 Å². The zero-order valence-corrected chi connectivity index (χ0v) is 15.8. The summed E-state index contributed by atoms with van der Waals surface area (Å²) in [5.41, 5.74) is 4.24. The van der Waals surface area contributed by atoms with Gasteiger partial charge >= 0.3 is 11.9 Å². The third-order valence-electron chi connectivity index (χ3n) is 4.94. The van der Waals surface area contributed by atoms with E-state index in [1.165, 1.54) is 13.8 Å². The number of ether oxygens (including phenoxy) is 2. The molecule has 28 heavy (non-hydrogen) atoms. The van der Waals surface area contributed by atoms with Crippen LogP contribution in [0.1, 0.15) is 42.7 Å². The lowest BCUT2D eigenvalue weighted by molar-refractivity contribution is -0.132. The number of nitrogens with zero attached hydrogens (tertiary/aromatic N) is 1. The Balaban J connectivity index is 1.95. The maximum absolute atomic E-state index is 12.0. The summed E-state index contributed by atoms with van der Waals surface area (Å²) in [5.74, 6) is 0.120. The molecule has 1 aromatic heterocycles. The molecular weight excluding hydrogens is 358 g/mol. The molecule has 0 saturated heterocycles. The summed E-state index contributed by atoms with van der Waals surface area (Å²) >= 11 is 0. The van der Waals surface area contributed by atoms with Crippen molar-refractivity contribution in [1.82, 2.24) is 4.57 Å². The second-order valence-corrected chi connectivity index (χ2v) is 6.99. The number of hydrogen-bond donors (Lipinski definition) is 0. The van der Waals surface area contributed by atoms with Crippen LogP contribution in [-0.2, 0) is 16.0 Å².